The van der Waals surface area contributed by atoms with Gasteiger partial charge in [0, 0.05) is 24.3 Å². The zero-order chi connectivity index (χ0) is 14.9. The molecule has 1 aromatic heterocycles. The average molecular weight is 289 g/mol. The summed E-state index contributed by atoms with van der Waals surface area (Å²) in [7, 11) is 0. The number of hydrogen-bond acceptors (Lipinski definition) is 3. The maximum Gasteiger partial charge on any atom is 0.185 e. The van der Waals surface area contributed by atoms with Gasteiger partial charge in [-0.3, -0.25) is 4.79 Å². The van der Waals surface area contributed by atoms with Crippen LogP contribution in [0.5, 0.6) is 0 Å². The van der Waals surface area contributed by atoms with E-state index >= 15 is 0 Å². The van der Waals surface area contributed by atoms with E-state index in [1.807, 2.05) is 18.2 Å². The molecule has 3 aromatic rings. The Labute approximate surface area is 128 Å². The number of rotatable bonds is 3. The first-order valence-corrected chi connectivity index (χ1v) is 7.31. The van der Waals surface area contributed by atoms with Gasteiger partial charge in [0.1, 0.15) is 5.76 Å². The summed E-state index contributed by atoms with van der Waals surface area (Å²) < 4.78 is 5.51. The Hall–Kier alpha value is -2.81. The van der Waals surface area contributed by atoms with E-state index in [1.165, 1.54) is 11.1 Å². The van der Waals surface area contributed by atoms with Crippen molar-refractivity contribution in [1.82, 2.24) is 0 Å². The molecule has 0 bridgehead atoms. The predicted octanol–water partition coefficient (Wildman–Crippen LogP) is 4.28. The molecule has 0 amide bonds. The van der Waals surface area contributed by atoms with E-state index < -0.39 is 0 Å². The molecule has 0 unspecified atom stereocenters. The van der Waals surface area contributed by atoms with Crippen LogP contribution in [0.15, 0.2) is 65.1 Å². The van der Waals surface area contributed by atoms with Crippen molar-refractivity contribution < 1.29 is 9.21 Å². The highest BCUT2D eigenvalue weighted by atomic mass is 16.3. The van der Waals surface area contributed by atoms with Crippen molar-refractivity contribution in [1.29, 1.82) is 0 Å². The Bertz CT molecular complexity index is 810. The maximum absolute atomic E-state index is 10.8. The van der Waals surface area contributed by atoms with E-state index in [9.17, 15) is 4.79 Å². The Morgan fingerprint density at radius 2 is 1.68 bits per heavy atom. The fraction of sp³-hybridized carbons (Fsp3) is 0.105. The maximum atomic E-state index is 10.8. The second kappa shape index (κ2) is 5.19. The molecule has 0 aliphatic carbocycles. The lowest BCUT2D eigenvalue weighted by molar-refractivity contribution is 0.110. The molecule has 3 nitrogen and oxygen atoms in total. The molecule has 108 valence electrons. The molecule has 0 spiro atoms. The van der Waals surface area contributed by atoms with Crippen molar-refractivity contribution in [2.45, 2.75) is 13.1 Å². The second-order valence-corrected chi connectivity index (χ2v) is 5.49. The van der Waals surface area contributed by atoms with Crippen LogP contribution in [0.4, 0.5) is 5.69 Å². The van der Waals surface area contributed by atoms with E-state index in [0.717, 1.165) is 36.4 Å². The number of carbonyl (C=O) groups is 1. The Morgan fingerprint density at radius 3 is 2.36 bits per heavy atom. The molecule has 4 rings (SSSR count). The summed E-state index contributed by atoms with van der Waals surface area (Å²) in [5.41, 5.74) is 4.92. The third-order valence-electron chi connectivity index (χ3n) is 4.08. The zero-order valence-corrected chi connectivity index (χ0v) is 12.0. The van der Waals surface area contributed by atoms with E-state index in [1.54, 1.807) is 6.07 Å². The van der Waals surface area contributed by atoms with Gasteiger partial charge in [0.05, 0.1) is 0 Å². The van der Waals surface area contributed by atoms with Crippen LogP contribution in [0.25, 0.3) is 11.3 Å². The van der Waals surface area contributed by atoms with Gasteiger partial charge in [0.15, 0.2) is 12.0 Å². The fourth-order valence-corrected chi connectivity index (χ4v) is 2.94. The average Bonchev–Trinajstić information content (AvgIpc) is 3.21. The first-order chi connectivity index (χ1) is 10.8. The topological polar surface area (TPSA) is 33.5 Å². The Morgan fingerprint density at radius 1 is 0.909 bits per heavy atom. The molecule has 1 aliphatic heterocycles. The summed E-state index contributed by atoms with van der Waals surface area (Å²) in [6, 6.07) is 20.3. The van der Waals surface area contributed by atoms with Gasteiger partial charge in [-0.05, 0) is 35.4 Å². The molecule has 1 aliphatic rings. The van der Waals surface area contributed by atoms with Gasteiger partial charge in [-0.25, -0.2) is 0 Å². The molecule has 0 saturated heterocycles. The number of furan rings is 1. The second-order valence-electron chi connectivity index (χ2n) is 5.49. The van der Waals surface area contributed by atoms with Crippen LogP contribution in [0.2, 0.25) is 0 Å². The minimum absolute atomic E-state index is 0.356. The smallest absolute Gasteiger partial charge is 0.185 e. The van der Waals surface area contributed by atoms with Crippen LogP contribution < -0.4 is 4.90 Å². The molecule has 0 N–H and O–H groups in total. The van der Waals surface area contributed by atoms with Crippen LogP contribution in [0.3, 0.4) is 0 Å². The van der Waals surface area contributed by atoms with Crippen LogP contribution in [-0.2, 0) is 13.1 Å². The molecule has 2 aromatic carbocycles. The number of benzene rings is 2. The number of carbonyl (C=O) groups excluding carboxylic acids is 1. The first kappa shape index (κ1) is 12.9. The van der Waals surface area contributed by atoms with Gasteiger partial charge < -0.3 is 9.32 Å². The summed E-state index contributed by atoms with van der Waals surface area (Å²) in [5, 5.41) is 0. The minimum atomic E-state index is 0.356. The summed E-state index contributed by atoms with van der Waals surface area (Å²) in [5.74, 6) is 1.08. The van der Waals surface area contributed by atoms with E-state index in [-0.39, 0.29) is 0 Å². The third kappa shape index (κ3) is 2.21. The number of nitrogens with zero attached hydrogens (tertiary/aromatic N) is 1. The third-order valence-corrected chi connectivity index (χ3v) is 4.08. The quantitative estimate of drug-likeness (QED) is 0.675. The van der Waals surface area contributed by atoms with Gasteiger partial charge in [0.25, 0.3) is 0 Å². The molecule has 3 heteroatoms. The van der Waals surface area contributed by atoms with Gasteiger partial charge in [0.2, 0.25) is 0 Å². The van der Waals surface area contributed by atoms with Crippen LogP contribution in [0, 0.1) is 0 Å². The highest BCUT2D eigenvalue weighted by Gasteiger charge is 2.19. The summed E-state index contributed by atoms with van der Waals surface area (Å²) in [4.78, 5) is 13.1. The van der Waals surface area contributed by atoms with Crippen molar-refractivity contribution in [2.75, 3.05) is 4.90 Å². The number of aldehydes is 1. The molecular weight excluding hydrogens is 274 g/mol. The van der Waals surface area contributed by atoms with Crippen molar-refractivity contribution in [3.63, 3.8) is 0 Å². The molecule has 0 saturated carbocycles. The molecular formula is C19H15NO2. The first-order valence-electron chi connectivity index (χ1n) is 7.31. The van der Waals surface area contributed by atoms with Gasteiger partial charge in [-0.2, -0.15) is 0 Å². The van der Waals surface area contributed by atoms with E-state index in [0.29, 0.717) is 5.76 Å². The normalized spacial score (nSPS) is 13.2. The van der Waals surface area contributed by atoms with Crippen molar-refractivity contribution in [2.24, 2.45) is 0 Å². The lowest BCUT2D eigenvalue weighted by atomic mass is 10.1. The van der Waals surface area contributed by atoms with Crippen molar-refractivity contribution in [3.05, 3.63) is 77.6 Å². The summed E-state index contributed by atoms with van der Waals surface area (Å²) >= 11 is 0. The van der Waals surface area contributed by atoms with Gasteiger partial charge >= 0.3 is 0 Å². The Kier molecular flexibility index (Phi) is 3.04. The molecule has 0 atom stereocenters. The largest absolute Gasteiger partial charge is 0.453 e. The van der Waals surface area contributed by atoms with Crippen molar-refractivity contribution in [3.8, 4) is 11.3 Å². The van der Waals surface area contributed by atoms with Crippen LogP contribution in [0.1, 0.15) is 21.7 Å². The number of anilines is 1. The lowest BCUT2D eigenvalue weighted by Crippen LogP contribution is -2.14. The summed E-state index contributed by atoms with van der Waals surface area (Å²) in [6.45, 7) is 1.86. The van der Waals surface area contributed by atoms with E-state index in [2.05, 4.69) is 41.3 Å². The standard InChI is InChI=1S/C19H15NO2/c21-13-18-8-9-19(22-18)14-6-3-7-17(10-14)20-11-15-4-1-2-5-16(15)12-20/h1-10,13H,11-12H2. The SMILES string of the molecule is O=Cc1ccc(-c2cccc(N3Cc4ccccc4C3)c2)o1. The van der Waals surface area contributed by atoms with Crippen LogP contribution in [-0.4, -0.2) is 6.29 Å². The van der Waals surface area contributed by atoms with E-state index in [4.69, 9.17) is 4.42 Å². The molecule has 2 heterocycles. The number of hydrogen-bond donors (Lipinski definition) is 0. The van der Waals surface area contributed by atoms with Gasteiger partial charge in [-0.15, -0.1) is 0 Å². The highest BCUT2D eigenvalue weighted by Crippen LogP contribution is 2.31. The minimum Gasteiger partial charge on any atom is -0.453 e. The highest BCUT2D eigenvalue weighted by molar-refractivity contribution is 5.73. The predicted molar refractivity (Wildman–Crippen MR) is 85.9 cm³/mol. The molecule has 0 radical (unpaired) electrons. The molecule has 22 heavy (non-hydrogen) atoms. The van der Waals surface area contributed by atoms with Gasteiger partial charge in [-0.1, -0.05) is 36.4 Å². The number of fused-ring (bicyclic) bond motifs is 1. The lowest BCUT2D eigenvalue weighted by Gasteiger charge is -2.18. The fourth-order valence-electron chi connectivity index (χ4n) is 2.94. The van der Waals surface area contributed by atoms with Crippen LogP contribution >= 0.6 is 0 Å². The van der Waals surface area contributed by atoms with Crippen molar-refractivity contribution >= 4 is 12.0 Å². The summed E-state index contributed by atoms with van der Waals surface area (Å²) in [6.07, 6.45) is 0.727. The zero-order valence-electron chi connectivity index (χ0n) is 12.0. The molecule has 0 fully saturated rings. The monoisotopic (exact) mass is 289 g/mol. The Balaban J connectivity index is 1.64.